The number of hydrogen-bond donors (Lipinski definition) is 2. The van der Waals surface area contributed by atoms with Gasteiger partial charge in [-0.3, -0.25) is 4.90 Å². The van der Waals surface area contributed by atoms with E-state index in [4.69, 9.17) is 14.2 Å². The predicted molar refractivity (Wildman–Crippen MR) is 110 cm³/mol. The lowest BCUT2D eigenvalue weighted by Gasteiger charge is -2.37. The molecule has 2 amide bonds. The molecular formula is C22H29N3O5. The van der Waals surface area contributed by atoms with E-state index in [0.717, 1.165) is 18.7 Å². The van der Waals surface area contributed by atoms with Crippen LogP contribution in [0.4, 0.5) is 4.79 Å². The standard InChI is InChI=1S/C22H29N3O5/c1-4-28-21(26)19-16(11-25-9-13(2)7-14(3)10-25)23-22(27)24-20(19)15-5-6-17-18(8-15)30-12-29-17/h5-6,8,13-14,20H,4,7,9-12H2,1-3H3,(H2,23,24,27)/t13-,14-,20-/m1/s1. The highest BCUT2D eigenvalue weighted by molar-refractivity contribution is 5.95. The maximum atomic E-state index is 13.0. The van der Waals surface area contributed by atoms with E-state index in [2.05, 4.69) is 29.4 Å². The molecule has 0 spiro atoms. The molecule has 0 saturated carbocycles. The van der Waals surface area contributed by atoms with Gasteiger partial charge in [0, 0.05) is 25.3 Å². The van der Waals surface area contributed by atoms with E-state index in [1.54, 1.807) is 19.1 Å². The zero-order valence-corrected chi connectivity index (χ0v) is 17.7. The summed E-state index contributed by atoms with van der Waals surface area (Å²) in [4.78, 5) is 27.8. The number of esters is 1. The van der Waals surface area contributed by atoms with Crippen molar-refractivity contribution in [2.45, 2.75) is 33.2 Å². The van der Waals surface area contributed by atoms with Crippen LogP contribution in [-0.2, 0) is 9.53 Å². The second-order valence-corrected chi connectivity index (χ2v) is 8.40. The van der Waals surface area contributed by atoms with Gasteiger partial charge in [-0.25, -0.2) is 9.59 Å². The minimum Gasteiger partial charge on any atom is -0.463 e. The number of piperidine rings is 1. The van der Waals surface area contributed by atoms with Crippen LogP contribution in [0, 0.1) is 11.8 Å². The Morgan fingerprint density at radius 2 is 1.93 bits per heavy atom. The largest absolute Gasteiger partial charge is 0.463 e. The monoisotopic (exact) mass is 415 g/mol. The third kappa shape index (κ3) is 4.23. The van der Waals surface area contributed by atoms with Crippen LogP contribution in [0.3, 0.4) is 0 Å². The molecular weight excluding hydrogens is 386 g/mol. The number of urea groups is 1. The van der Waals surface area contributed by atoms with E-state index in [1.807, 2.05) is 6.07 Å². The first-order chi connectivity index (χ1) is 14.4. The molecule has 0 unspecified atom stereocenters. The van der Waals surface area contributed by atoms with Gasteiger partial charge in [-0.05, 0) is 42.9 Å². The van der Waals surface area contributed by atoms with Gasteiger partial charge in [-0.2, -0.15) is 0 Å². The van der Waals surface area contributed by atoms with E-state index in [1.165, 1.54) is 6.42 Å². The first-order valence-electron chi connectivity index (χ1n) is 10.5. The number of nitrogens with zero attached hydrogens (tertiary/aromatic N) is 1. The molecule has 1 saturated heterocycles. The summed E-state index contributed by atoms with van der Waals surface area (Å²) in [6.45, 7) is 9.03. The second-order valence-electron chi connectivity index (χ2n) is 8.40. The Kier molecular flexibility index (Phi) is 5.85. The number of ether oxygens (including phenoxy) is 3. The molecule has 1 fully saturated rings. The van der Waals surface area contributed by atoms with E-state index in [0.29, 0.717) is 41.1 Å². The van der Waals surface area contributed by atoms with Gasteiger partial charge in [-0.1, -0.05) is 19.9 Å². The normalized spacial score (nSPS) is 26.2. The summed E-state index contributed by atoms with van der Waals surface area (Å²) < 4.78 is 16.2. The lowest BCUT2D eigenvalue weighted by Crippen LogP contribution is -2.50. The van der Waals surface area contributed by atoms with Gasteiger partial charge in [0.05, 0.1) is 18.2 Å². The van der Waals surface area contributed by atoms with Crippen LogP contribution in [0.25, 0.3) is 0 Å². The molecule has 3 aliphatic heterocycles. The van der Waals surface area contributed by atoms with E-state index >= 15 is 0 Å². The Morgan fingerprint density at radius 1 is 1.20 bits per heavy atom. The number of hydrogen-bond acceptors (Lipinski definition) is 6. The van der Waals surface area contributed by atoms with Gasteiger partial charge >= 0.3 is 12.0 Å². The lowest BCUT2D eigenvalue weighted by molar-refractivity contribution is -0.139. The first-order valence-corrected chi connectivity index (χ1v) is 10.5. The average Bonchev–Trinajstić information content (AvgIpc) is 3.14. The summed E-state index contributed by atoms with van der Waals surface area (Å²) in [7, 11) is 0. The highest BCUT2D eigenvalue weighted by Gasteiger charge is 2.35. The highest BCUT2D eigenvalue weighted by atomic mass is 16.7. The van der Waals surface area contributed by atoms with Crippen molar-refractivity contribution in [2.24, 2.45) is 11.8 Å². The molecule has 1 aromatic carbocycles. The van der Waals surface area contributed by atoms with Gasteiger partial charge in [0.1, 0.15) is 0 Å². The summed E-state index contributed by atoms with van der Waals surface area (Å²) in [6.07, 6.45) is 1.19. The summed E-state index contributed by atoms with van der Waals surface area (Å²) in [5.74, 6) is 1.96. The fourth-order valence-corrected chi connectivity index (χ4v) is 4.68. The number of amides is 2. The minimum atomic E-state index is -0.623. The third-order valence-electron chi connectivity index (χ3n) is 5.71. The third-order valence-corrected chi connectivity index (χ3v) is 5.71. The Hall–Kier alpha value is -2.74. The van der Waals surface area contributed by atoms with Gasteiger partial charge in [0.25, 0.3) is 0 Å². The predicted octanol–water partition coefficient (Wildman–Crippen LogP) is 2.56. The molecule has 30 heavy (non-hydrogen) atoms. The van der Waals surface area contributed by atoms with E-state index in [9.17, 15) is 9.59 Å². The number of carbonyl (C=O) groups excluding carboxylic acids is 2. The molecule has 2 N–H and O–H groups in total. The fourth-order valence-electron chi connectivity index (χ4n) is 4.68. The molecule has 8 heteroatoms. The van der Waals surface area contributed by atoms with Crippen LogP contribution in [0.1, 0.15) is 38.8 Å². The van der Waals surface area contributed by atoms with Crippen molar-refractivity contribution < 1.29 is 23.8 Å². The van der Waals surface area contributed by atoms with Crippen molar-refractivity contribution in [3.63, 3.8) is 0 Å². The Balaban J connectivity index is 1.69. The molecule has 0 aliphatic carbocycles. The summed E-state index contributed by atoms with van der Waals surface area (Å²) in [6, 6.07) is 4.48. The summed E-state index contributed by atoms with van der Waals surface area (Å²) >= 11 is 0. The molecule has 0 bridgehead atoms. The number of rotatable bonds is 5. The quantitative estimate of drug-likeness (QED) is 0.719. The number of carbonyl (C=O) groups is 2. The Morgan fingerprint density at radius 3 is 2.67 bits per heavy atom. The lowest BCUT2D eigenvalue weighted by atomic mass is 9.91. The van der Waals surface area contributed by atoms with Crippen molar-refractivity contribution in [3.05, 3.63) is 35.0 Å². The molecule has 0 radical (unpaired) electrons. The van der Waals surface area contributed by atoms with Crippen LogP contribution >= 0.6 is 0 Å². The first kappa shape index (κ1) is 20.5. The summed E-state index contributed by atoms with van der Waals surface area (Å²) in [5, 5.41) is 5.74. The van der Waals surface area contributed by atoms with Gasteiger partial charge in [-0.15, -0.1) is 0 Å². The van der Waals surface area contributed by atoms with Crippen molar-refractivity contribution in [1.82, 2.24) is 15.5 Å². The molecule has 4 rings (SSSR count). The molecule has 0 aromatic heterocycles. The van der Waals surface area contributed by atoms with Crippen LogP contribution in [0.15, 0.2) is 29.5 Å². The van der Waals surface area contributed by atoms with Crippen molar-refractivity contribution in [2.75, 3.05) is 33.0 Å². The molecule has 162 valence electrons. The number of benzene rings is 1. The SMILES string of the molecule is CCOC(=O)C1=C(CN2C[C@H](C)C[C@@H](C)C2)NC(=O)N[C@@H]1c1ccc2c(c1)OCO2. The van der Waals surface area contributed by atoms with Gasteiger partial charge in [0.2, 0.25) is 6.79 Å². The Bertz CT molecular complexity index is 858. The van der Waals surface area contributed by atoms with Gasteiger partial charge in [0.15, 0.2) is 11.5 Å². The van der Waals surface area contributed by atoms with Crippen molar-refractivity contribution in [3.8, 4) is 11.5 Å². The maximum absolute atomic E-state index is 13.0. The topological polar surface area (TPSA) is 89.1 Å². The van der Waals surface area contributed by atoms with E-state index in [-0.39, 0.29) is 19.4 Å². The fraction of sp³-hybridized carbons (Fsp3) is 0.545. The molecule has 8 nitrogen and oxygen atoms in total. The minimum absolute atomic E-state index is 0.161. The molecule has 3 aliphatic rings. The molecule has 3 atom stereocenters. The van der Waals surface area contributed by atoms with Gasteiger partial charge < -0.3 is 24.8 Å². The maximum Gasteiger partial charge on any atom is 0.338 e. The number of fused-ring (bicyclic) bond motifs is 1. The Labute approximate surface area is 176 Å². The van der Waals surface area contributed by atoms with E-state index < -0.39 is 12.0 Å². The zero-order chi connectivity index (χ0) is 21.3. The van der Waals surface area contributed by atoms with Crippen LogP contribution in [0.5, 0.6) is 11.5 Å². The van der Waals surface area contributed by atoms with Crippen LogP contribution in [0.2, 0.25) is 0 Å². The summed E-state index contributed by atoms with van der Waals surface area (Å²) in [5.41, 5.74) is 1.78. The molecule has 3 heterocycles. The number of likely N-dealkylation sites (tertiary alicyclic amines) is 1. The average molecular weight is 415 g/mol. The van der Waals surface area contributed by atoms with Crippen molar-refractivity contribution in [1.29, 1.82) is 0 Å². The molecule has 1 aromatic rings. The zero-order valence-electron chi connectivity index (χ0n) is 17.7. The van der Waals surface area contributed by atoms with Crippen LogP contribution < -0.4 is 20.1 Å². The van der Waals surface area contributed by atoms with Crippen LogP contribution in [-0.4, -0.2) is 49.9 Å². The highest BCUT2D eigenvalue weighted by Crippen LogP contribution is 2.37. The van der Waals surface area contributed by atoms with Crippen molar-refractivity contribution >= 4 is 12.0 Å². The number of nitrogens with one attached hydrogen (secondary N) is 2. The smallest absolute Gasteiger partial charge is 0.338 e. The second kappa shape index (κ2) is 8.55.